The van der Waals surface area contributed by atoms with Crippen molar-refractivity contribution in [2.75, 3.05) is 24.4 Å². The number of carbonyl (C=O) groups is 1. The topological polar surface area (TPSA) is 98.5 Å². The zero-order valence-corrected chi connectivity index (χ0v) is 11.1. The first-order valence-corrected chi connectivity index (χ1v) is 7.26. The van der Waals surface area contributed by atoms with E-state index in [-0.39, 0.29) is 0 Å². The molecule has 1 aromatic carbocycles. The smallest absolute Gasteiger partial charge is 0.239 e. The van der Waals surface area contributed by atoms with Crippen LogP contribution in [0.15, 0.2) is 18.2 Å². The third-order valence-corrected chi connectivity index (χ3v) is 2.96. The molecule has 0 fully saturated rings. The Morgan fingerprint density at radius 2 is 2.11 bits per heavy atom. The summed E-state index contributed by atoms with van der Waals surface area (Å²) in [5.74, 6) is -0.717. The van der Waals surface area contributed by atoms with Gasteiger partial charge in [-0.3, -0.25) is 4.79 Å². The minimum absolute atomic E-state index is 0.355. The molecule has 18 heavy (non-hydrogen) atoms. The van der Waals surface area contributed by atoms with E-state index in [1.54, 1.807) is 18.2 Å². The molecule has 0 unspecified atom stereocenters. The van der Waals surface area contributed by atoms with Gasteiger partial charge in [-0.25, -0.2) is 8.42 Å². The fraction of sp³-hybridized carbons (Fsp3) is 0.364. The van der Waals surface area contributed by atoms with Crippen molar-refractivity contribution >= 4 is 21.4 Å². The van der Waals surface area contributed by atoms with Crippen LogP contribution in [0, 0.1) is 0 Å². The number of benzene rings is 1. The molecule has 1 aromatic rings. The molecule has 0 aliphatic carbocycles. The molecule has 0 aromatic heterocycles. The summed E-state index contributed by atoms with van der Waals surface area (Å²) in [6.45, 7) is 0.355. The molecule has 1 amide bonds. The summed E-state index contributed by atoms with van der Waals surface area (Å²) in [6.07, 6.45) is 1.00. The van der Waals surface area contributed by atoms with Crippen molar-refractivity contribution in [2.24, 2.45) is 5.73 Å². The van der Waals surface area contributed by atoms with Gasteiger partial charge in [0, 0.05) is 12.8 Å². The van der Waals surface area contributed by atoms with Crippen molar-refractivity contribution in [3.05, 3.63) is 23.8 Å². The predicted octanol–water partition coefficient (Wildman–Crippen LogP) is 0.137. The normalized spacial score (nSPS) is 11.1. The molecular weight excluding hydrogens is 256 g/mol. The van der Waals surface area contributed by atoms with Gasteiger partial charge in [0.05, 0.1) is 12.8 Å². The maximum absolute atomic E-state index is 11.5. The predicted molar refractivity (Wildman–Crippen MR) is 69.2 cm³/mol. The van der Waals surface area contributed by atoms with Crippen LogP contribution in [-0.4, -0.2) is 33.4 Å². The van der Waals surface area contributed by atoms with Crippen molar-refractivity contribution in [3.63, 3.8) is 0 Å². The van der Waals surface area contributed by atoms with Crippen LogP contribution in [0.2, 0.25) is 0 Å². The van der Waals surface area contributed by atoms with E-state index in [1.807, 2.05) is 0 Å². The number of hydrogen-bond acceptors (Lipinski definition) is 5. The molecule has 0 saturated heterocycles. The molecular formula is C11H16N2O4S. The first-order chi connectivity index (χ1) is 8.35. The van der Waals surface area contributed by atoms with Gasteiger partial charge in [0.2, 0.25) is 5.91 Å². The van der Waals surface area contributed by atoms with E-state index in [1.165, 1.54) is 7.11 Å². The Kier molecular flexibility index (Phi) is 4.69. The highest BCUT2D eigenvalue weighted by atomic mass is 32.2. The number of anilines is 1. The van der Waals surface area contributed by atoms with E-state index in [4.69, 9.17) is 10.5 Å². The fourth-order valence-electron chi connectivity index (χ4n) is 1.39. The number of methoxy groups -OCH3 is 1. The van der Waals surface area contributed by atoms with E-state index >= 15 is 0 Å². The molecule has 0 radical (unpaired) electrons. The van der Waals surface area contributed by atoms with Crippen molar-refractivity contribution < 1.29 is 17.9 Å². The minimum atomic E-state index is -3.35. The lowest BCUT2D eigenvalue weighted by Crippen LogP contribution is -2.22. The first kappa shape index (κ1) is 14.5. The molecule has 0 bridgehead atoms. The second kappa shape index (κ2) is 5.83. The van der Waals surface area contributed by atoms with Crippen LogP contribution in [0.1, 0.15) is 5.56 Å². The van der Waals surface area contributed by atoms with E-state index < -0.39 is 21.5 Å². The molecule has 3 N–H and O–H groups in total. The zero-order chi connectivity index (χ0) is 13.8. The molecule has 6 nitrogen and oxygen atoms in total. The van der Waals surface area contributed by atoms with Crippen LogP contribution in [0.3, 0.4) is 0 Å². The minimum Gasteiger partial charge on any atom is -0.495 e. The number of amides is 1. The number of ether oxygens (including phenoxy) is 1. The highest BCUT2D eigenvalue weighted by Gasteiger charge is 2.13. The Balaban J connectivity index is 2.87. The van der Waals surface area contributed by atoms with Crippen LogP contribution in [-0.2, 0) is 21.2 Å². The van der Waals surface area contributed by atoms with Crippen molar-refractivity contribution in [3.8, 4) is 5.75 Å². The molecule has 0 aliphatic heterocycles. The Morgan fingerprint density at radius 1 is 1.44 bits per heavy atom. The Hall–Kier alpha value is -1.60. The van der Waals surface area contributed by atoms with E-state index in [2.05, 4.69) is 5.32 Å². The SMILES string of the molecule is COc1cc(CN)ccc1NC(=O)CS(C)(=O)=O. The zero-order valence-electron chi connectivity index (χ0n) is 10.3. The van der Waals surface area contributed by atoms with Crippen LogP contribution in [0.5, 0.6) is 5.75 Å². The maximum Gasteiger partial charge on any atom is 0.239 e. The van der Waals surface area contributed by atoms with Gasteiger partial charge in [-0.15, -0.1) is 0 Å². The lowest BCUT2D eigenvalue weighted by molar-refractivity contribution is -0.113. The second-order valence-electron chi connectivity index (χ2n) is 3.86. The van der Waals surface area contributed by atoms with Crippen LogP contribution in [0.4, 0.5) is 5.69 Å². The molecule has 0 saturated carbocycles. The standard InChI is InChI=1S/C11H16N2O4S/c1-17-10-5-8(6-12)3-4-9(10)13-11(14)7-18(2,15)16/h3-5H,6-7,12H2,1-2H3,(H,13,14). The number of hydrogen-bond donors (Lipinski definition) is 2. The summed E-state index contributed by atoms with van der Waals surface area (Å²) in [5.41, 5.74) is 6.76. The van der Waals surface area contributed by atoms with Crippen molar-refractivity contribution in [1.29, 1.82) is 0 Å². The first-order valence-electron chi connectivity index (χ1n) is 5.20. The lowest BCUT2D eigenvalue weighted by Gasteiger charge is -2.11. The van der Waals surface area contributed by atoms with Gasteiger partial charge in [0.1, 0.15) is 11.5 Å². The van der Waals surface area contributed by atoms with Crippen LogP contribution < -0.4 is 15.8 Å². The third kappa shape index (κ3) is 4.34. The van der Waals surface area contributed by atoms with Crippen LogP contribution >= 0.6 is 0 Å². The molecule has 1 rings (SSSR count). The number of carbonyl (C=O) groups excluding carboxylic acids is 1. The van der Waals surface area contributed by atoms with Gasteiger partial charge in [0.15, 0.2) is 9.84 Å². The largest absolute Gasteiger partial charge is 0.495 e. The molecule has 0 aliphatic rings. The quantitative estimate of drug-likeness (QED) is 0.794. The Morgan fingerprint density at radius 3 is 2.61 bits per heavy atom. The van der Waals surface area contributed by atoms with E-state index in [0.29, 0.717) is 18.0 Å². The molecule has 0 heterocycles. The summed E-state index contributed by atoms with van der Waals surface area (Å²) in [4.78, 5) is 11.5. The summed E-state index contributed by atoms with van der Waals surface area (Å²) in [6, 6.07) is 5.05. The number of sulfone groups is 1. The second-order valence-corrected chi connectivity index (χ2v) is 6.00. The monoisotopic (exact) mass is 272 g/mol. The van der Waals surface area contributed by atoms with Gasteiger partial charge < -0.3 is 15.8 Å². The summed E-state index contributed by atoms with van der Waals surface area (Å²) in [7, 11) is -1.89. The maximum atomic E-state index is 11.5. The number of rotatable bonds is 5. The highest BCUT2D eigenvalue weighted by molar-refractivity contribution is 7.91. The van der Waals surface area contributed by atoms with Gasteiger partial charge in [0.25, 0.3) is 0 Å². The Labute approximate surface area is 106 Å². The van der Waals surface area contributed by atoms with Gasteiger partial charge in [-0.1, -0.05) is 6.07 Å². The lowest BCUT2D eigenvalue weighted by atomic mass is 10.2. The highest BCUT2D eigenvalue weighted by Crippen LogP contribution is 2.25. The summed E-state index contributed by atoms with van der Waals surface area (Å²) < 4.78 is 27.1. The number of nitrogens with one attached hydrogen (secondary N) is 1. The summed E-state index contributed by atoms with van der Waals surface area (Å²) in [5, 5.41) is 2.49. The molecule has 0 spiro atoms. The number of nitrogens with two attached hydrogens (primary N) is 1. The molecule has 7 heteroatoms. The van der Waals surface area contributed by atoms with E-state index in [9.17, 15) is 13.2 Å². The Bertz CT molecular complexity index is 540. The average molecular weight is 272 g/mol. The summed E-state index contributed by atoms with van der Waals surface area (Å²) >= 11 is 0. The van der Waals surface area contributed by atoms with E-state index in [0.717, 1.165) is 11.8 Å². The van der Waals surface area contributed by atoms with Gasteiger partial charge in [-0.05, 0) is 17.7 Å². The van der Waals surface area contributed by atoms with Gasteiger partial charge in [-0.2, -0.15) is 0 Å². The van der Waals surface area contributed by atoms with Crippen LogP contribution in [0.25, 0.3) is 0 Å². The molecule has 100 valence electrons. The van der Waals surface area contributed by atoms with Gasteiger partial charge >= 0.3 is 0 Å². The average Bonchev–Trinajstić information content (AvgIpc) is 2.27. The van der Waals surface area contributed by atoms with Crippen molar-refractivity contribution in [2.45, 2.75) is 6.54 Å². The molecule has 0 atom stereocenters. The van der Waals surface area contributed by atoms with Crippen molar-refractivity contribution in [1.82, 2.24) is 0 Å². The third-order valence-electron chi connectivity index (χ3n) is 2.17. The fourth-order valence-corrected chi connectivity index (χ4v) is 1.94.